The summed E-state index contributed by atoms with van der Waals surface area (Å²) in [6.45, 7) is 3.41. The third-order valence-corrected chi connectivity index (χ3v) is 6.00. The predicted octanol–water partition coefficient (Wildman–Crippen LogP) is 3.17. The lowest BCUT2D eigenvalue weighted by Gasteiger charge is -2.18. The number of benzene rings is 2. The van der Waals surface area contributed by atoms with Crippen LogP contribution in [0.3, 0.4) is 0 Å². The molecule has 32 heavy (non-hydrogen) atoms. The van der Waals surface area contributed by atoms with E-state index in [-0.39, 0.29) is 29.0 Å². The smallest absolute Gasteiger partial charge is 0.286 e. The molecule has 2 aromatic carbocycles. The number of hydrogen-bond donors (Lipinski definition) is 3. The Morgan fingerprint density at radius 1 is 1.16 bits per heavy atom. The summed E-state index contributed by atoms with van der Waals surface area (Å²) in [5, 5.41) is 15.6. The third-order valence-electron chi connectivity index (χ3n) is 4.78. The van der Waals surface area contributed by atoms with Gasteiger partial charge in [0.15, 0.2) is 0 Å². The number of carbonyl (C=O) groups is 2. The summed E-state index contributed by atoms with van der Waals surface area (Å²) < 4.78 is 11.3. The van der Waals surface area contributed by atoms with Crippen LogP contribution in [0.2, 0.25) is 5.02 Å². The van der Waals surface area contributed by atoms with E-state index in [1.54, 1.807) is 6.07 Å². The van der Waals surface area contributed by atoms with Crippen LogP contribution in [-0.2, 0) is 22.6 Å². The number of rotatable bonds is 12. The standard InChI is InChI=1S/C23H27ClN2O5S/c1-15(25-11-19(27)14-30-13-17-3-2-4-18(24)9-17)12-31-20-7-5-16(6-8-20)10-21-22(28)26-23(29)32-21/h2-9,15,19,21,25,27H,10-14H2,1H3,(H,26,28,29). The van der Waals surface area contributed by atoms with Gasteiger partial charge in [-0.15, -0.1) is 0 Å². The third kappa shape index (κ3) is 8.11. The Kier molecular flexibility index (Phi) is 9.37. The van der Waals surface area contributed by atoms with Gasteiger partial charge in [-0.25, -0.2) is 0 Å². The summed E-state index contributed by atoms with van der Waals surface area (Å²) in [6, 6.07) is 14.9. The lowest BCUT2D eigenvalue weighted by atomic mass is 10.1. The van der Waals surface area contributed by atoms with Crippen molar-refractivity contribution in [3.63, 3.8) is 0 Å². The van der Waals surface area contributed by atoms with E-state index >= 15 is 0 Å². The van der Waals surface area contributed by atoms with E-state index in [0.29, 0.717) is 37.0 Å². The Morgan fingerprint density at radius 2 is 1.94 bits per heavy atom. The molecule has 0 spiro atoms. The molecule has 3 atom stereocenters. The highest BCUT2D eigenvalue weighted by Crippen LogP contribution is 2.24. The van der Waals surface area contributed by atoms with Gasteiger partial charge in [0.2, 0.25) is 5.91 Å². The average Bonchev–Trinajstić information content (AvgIpc) is 3.08. The Morgan fingerprint density at radius 3 is 2.62 bits per heavy atom. The van der Waals surface area contributed by atoms with Crippen molar-refractivity contribution in [2.75, 3.05) is 19.8 Å². The van der Waals surface area contributed by atoms with Crippen LogP contribution >= 0.6 is 23.4 Å². The van der Waals surface area contributed by atoms with Crippen LogP contribution in [-0.4, -0.2) is 53.4 Å². The summed E-state index contributed by atoms with van der Waals surface area (Å²) in [5.41, 5.74) is 1.93. The fourth-order valence-electron chi connectivity index (χ4n) is 3.08. The summed E-state index contributed by atoms with van der Waals surface area (Å²) in [5.74, 6) is 0.477. The van der Waals surface area contributed by atoms with E-state index < -0.39 is 6.10 Å². The number of hydrogen-bond acceptors (Lipinski definition) is 7. The van der Waals surface area contributed by atoms with Crippen LogP contribution in [0.4, 0.5) is 4.79 Å². The average molecular weight is 479 g/mol. The molecule has 1 aliphatic heterocycles. The molecule has 0 saturated carbocycles. The zero-order valence-corrected chi connectivity index (χ0v) is 19.3. The first-order valence-electron chi connectivity index (χ1n) is 10.4. The van der Waals surface area contributed by atoms with Crippen LogP contribution in [0.1, 0.15) is 18.1 Å². The van der Waals surface area contributed by atoms with E-state index in [0.717, 1.165) is 22.9 Å². The number of amides is 2. The topological polar surface area (TPSA) is 96.9 Å². The Bertz CT molecular complexity index is 912. The molecule has 3 unspecified atom stereocenters. The maximum Gasteiger partial charge on any atom is 0.286 e. The second-order valence-corrected chi connectivity index (χ2v) is 9.26. The molecule has 3 rings (SSSR count). The van der Waals surface area contributed by atoms with Crippen molar-refractivity contribution in [2.45, 2.75) is 37.3 Å². The van der Waals surface area contributed by atoms with E-state index in [4.69, 9.17) is 21.1 Å². The van der Waals surface area contributed by atoms with Crippen LogP contribution in [0.5, 0.6) is 5.75 Å². The SMILES string of the molecule is CC(COc1ccc(CC2SC(=O)NC2=O)cc1)NCC(O)COCc1cccc(Cl)c1. The molecule has 7 nitrogen and oxygen atoms in total. The maximum atomic E-state index is 11.7. The molecule has 1 aliphatic rings. The molecule has 0 bridgehead atoms. The minimum Gasteiger partial charge on any atom is -0.492 e. The van der Waals surface area contributed by atoms with E-state index in [1.807, 2.05) is 49.4 Å². The minimum absolute atomic E-state index is 0.0295. The van der Waals surface area contributed by atoms with Crippen molar-refractivity contribution in [3.8, 4) is 5.75 Å². The Hall–Kier alpha value is -2.10. The lowest BCUT2D eigenvalue weighted by molar-refractivity contribution is -0.118. The molecule has 1 heterocycles. The van der Waals surface area contributed by atoms with Crippen molar-refractivity contribution in [3.05, 3.63) is 64.7 Å². The van der Waals surface area contributed by atoms with Crippen molar-refractivity contribution >= 4 is 34.5 Å². The predicted molar refractivity (Wildman–Crippen MR) is 125 cm³/mol. The molecular weight excluding hydrogens is 452 g/mol. The molecule has 0 aromatic heterocycles. The van der Waals surface area contributed by atoms with Gasteiger partial charge in [-0.3, -0.25) is 14.9 Å². The molecule has 0 radical (unpaired) electrons. The second kappa shape index (κ2) is 12.2. The largest absolute Gasteiger partial charge is 0.492 e. The number of aliphatic hydroxyl groups is 1. The quantitative estimate of drug-likeness (QED) is 0.431. The monoisotopic (exact) mass is 478 g/mol. The number of halogens is 1. The number of ether oxygens (including phenoxy) is 2. The molecule has 3 N–H and O–H groups in total. The molecule has 172 valence electrons. The van der Waals surface area contributed by atoms with Crippen molar-refractivity contribution in [1.82, 2.24) is 10.6 Å². The summed E-state index contributed by atoms with van der Waals surface area (Å²) in [7, 11) is 0. The van der Waals surface area contributed by atoms with E-state index in [2.05, 4.69) is 10.6 Å². The van der Waals surface area contributed by atoms with Crippen LogP contribution in [0, 0.1) is 0 Å². The molecule has 9 heteroatoms. The first-order valence-corrected chi connectivity index (χ1v) is 11.6. The van der Waals surface area contributed by atoms with Gasteiger partial charge in [-0.1, -0.05) is 47.6 Å². The highest BCUT2D eigenvalue weighted by atomic mass is 35.5. The molecule has 2 amide bonds. The maximum absolute atomic E-state index is 11.7. The van der Waals surface area contributed by atoms with Crippen LogP contribution in [0.25, 0.3) is 0 Å². The lowest BCUT2D eigenvalue weighted by Crippen LogP contribution is -2.38. The van der Waals surface area contributed by atoms with Crippen LogP contribution < -0.4 is 15.4 Å². The van der Waals surface area contributed by atoms with Gasteiger partial charge < -0.3 is 19.9 Å². The van der Waals surface area contributed by atoms with E-state index in [9.17, 15) is 14.7 Å². The number of nitrogens with one attached hydrogen (secondary N) is 2. The number of imide groups is 1. The normalized spacial score (nSPS) is 17.8. The number of aliphatic hydroxyl groups excluding tert-OH is 1. The van der Waals surface area contributed by atoms with Gasteiger partial charge >= 0.3 is 0 Å². The molecular formula is C23H27ClN2O5S. The van der Waals surface area contributed by atoms with Crippen molar-refractivity contribution in [1.29, 1.82) is 0 Å². The fraction of sp³-hybridized carbons (Fsp3) is 0.391. The molecule has 0 aliphatic carbocycles. The summed E-state index contributed by atoms with van der Waals surface area (Å²) in [4.78, 5) is 22.9. The van der Waals surface area contributed by atoms with Gasteiger partial charge in [0, 0.05) is 17.6 Å². The first kappa shape index (κ1) is 24.5. The minimum atomic E-state index is -0.631. The Labute approximate surface area is 196 Å². The van der Waals surface area contributed by atoms with Gasteiger partial charge in [0.05, 0.1) is 24.6 Å². The van der Waals surface area contributed by atoms with Crippen molar-refractivity contribution in [2.24, 2.45) is 0 Å². The Balaban J connectivity index is 1.30. The van der Waals surface area contributed by atoms with E-state index in [1.165, 1.54) is 0 Å². The summed E-state index contributed by atoms with van der Waals surface area (Å²) in [6.07, 6.45) is -0.133. The molecule has 1 fully saturated rings. The van der Waals surface area contributed by atoms with Gasteiger partial charge in [0.1, 0.15) is 12.4 Å². The van der Waals surface area contributed by atoms with Crippen LogP contribution in [0.15, 0.2) is 48.5 Å². The van der Waals surface area contributed by atoms with Crippen molar-refractivity contribution < 1.29 is 24.2 Å². The number of carbonyl (C=O) groups excluding carboxylic acids is 2. The molecule has 2 aromatic rings. The molecule has 1 saturated heterocycles. The highest BCUT2D eigenvalue weighted by molar-refractivity contribution is 8.15. The fourth-order valence-corrected chi connectivity index (χ4v) is 4.15. The zero-order valence-electron chi connectivity index (χ0n) is 17.8. The second-order valence-electron chi connectivity index (χ2n) is 7.65. The first-order chi connectivity index (χ1) is 15.4. The highest BCUT2D eigenvalue weighted by Gasteiger charge is 2.31. The number of thioether (sulfide) groups is 1. The zero-order chi connectivity index (χ0) is 22.9. The summed E-state index contributed by atoms with van der Waals surface area (Å²) >= 11 is 6.97. The van der Waals surface area contributed by atoms with Gasteiger partial charge in [0.25, 0.3) is 5.24 Å². The van der Waals surface area contributed by atoms with Gasteiger partial charge in [-0.05, 0) is 48.7 Å². The van der Waals surface area contributed by atoms with Gasteiger partial charge in [-0.2, -0.15) is 0 Å².